The van der Waals surface area contributed by atoms with Crippen LogP contribution >= 0.6 is 0 Å². The van der Waals surface area contributed by atoms with Gasteiger partial charge < -0.3 is 10.1 Å². The monoisotopic (exact) mass is 442 g/mol. The molecule has 2 aliphatic rings. The SMILES string of the molecule is CCCCOC(=O)c1ccc2c(c1)C1c3ccccc3CC1C(c1ccc([N+](=O)[O-])cc1)N2. The van der Waals surface area contributed by atoms with Crippen molar-refractivity contribution in [2.75, 3.05) is 11.9 Å². The van der Waals surface area contributed by atoms with Crippen molar-refractivity contribution in [3.05, 3.63) is 105 Å². The molecule has 6 heteroatoms. The van der Waals surface area contributed by atoms with Gasteiger partial charge >= 0.3 is 5.97 Å². The number of esters is 1. The van der Waals surface area contributed by atoms with Gasteiger partial charge in [-0.1, -0.05) is 49.7 Å². The van der Waals surface area contributed by atoms with E-state index in [1.54, 1.807) is 12.1 Å². The van der Waals surface area contributed by atoms with E-state index >= 15 is 0 Å². The van der Waals surface area contributed by atoms with Gasteiger partial charge in [-0.15, -0.1) is 0 Å². The molecule has 1 heterocycles. The molecule has 3 aromatic rings. The minimum Gasteiger partial charge on any atom is -0.462 e. The number of unbranched alkanes of at least 4 members (excludes halogenated alkanes) is 1. The van der Waals surface area contributed by atoms with Gasteiger partial charge in [-0.2, -0.15) is 0 Å². The lowest BCUT2D eigenvalue weighted by molar-refractivity contribution is -0.384. The number of benzene rings is 3. The van der Waals surface area contributed by atoms with Crippen molar-refractivity contribution >= 4 is 17.3 Å². The molecule has 0 radical (unpaired) electrons. The van der Waals surface area contributed by atoms with Crippen LogP contribution in [0.1, 0.15) is 64.3 Å². The molecular formula is C27H26N2O4. The summed E-state index contributed by atoms with van der Waals surface area (Å²) < 4.78 is 5.45. The van der Waals surface area contributed by atoms with E-state index < -0.39 is 0 Å². The van der Waals surface area contributed by atoms with Crippen LogP contribution < -0.4 is 5.32 Å². The summed E-state index contributed by atoms with van der Waals surface area (Å²) in [5, 5.41) is 14.8. The van der Waals surface area contributed by atoms with Crippen molar-refractivity contribution in [2.24, 2.45) is 5.92 Å². The molecule has 0 saturated carbocycles. The molecule has 0 fully saturated rings. The third-order valence-electron chi connectivity index (χ3n) is 6.83. The highest BCUT2D eigenvalue weighted by molar-refractivity contribution is 5.90. The van der Waals surface area contributed by atoms with E-state index in [0.717, 1.165) is 36.1 Å². The Hall–Kier alpha value is -3.67. The molecule has 3 atom stereocenters. The molecule has 168 valence electrons. The summed E-state index contributed by atoms with van der Waals surface area (Å²) in [5.74, 6) is 0.0929. The van der Waals surface area contributed by atoms with E-state index in [-0.39, 0.29) is 34.5 Å². The van der Waals surface area contributed by atoms with Crippen molar-refractivity contribution in [2.45, 2.75) is 38.1 Å². The van der Waals surface area contributed by atoms with Crippen LogP contribution in [-0.2, 0) is 11.2 Å². The number of hydrogen-bond donors (Lipinski definition) is 1. The molecule has 0 spiro atoms. The van der Waals surface area contributed by atoms with Crippen LogP contribution in [0.25, 0.3) is 0 Å². The van der Waals surface area contributed by atoms with Gasteiger partial charge in [0.05, 0.1) is 23.1 Å². The van der Waals surface area contributed by atoms with E-state index in [0.29, 0.717) is 12.2 Å². The van der Waals surface area contributed by atoms with Crippen LogP contribution in [0.4, 0.5) is 11.4 Å². The van der Waals surface area contributed by atoms with Crippen molar-refractivity contribution < 1.29 is 14.5 Å². The number of rotatable bonds is 6. The first-order chi connectivity index (χ1) is 16.1. The number of non-ortho nitro benzene ring substituents is 1. The molecule has 1 N–H and O–H groups in total. The molecule has 5 rings (SSSR count). The predicted octanol–water partition coefficient (Wildman–Crippen LogP) is 6.02. The van der Waals surface area contributed by atoms with Crippen molar-refractivity contribution in [3.8, 4) is 0 Å². The highest BCUT2D eigenvalue weighted by atomic mass is 16.6. The molecular weight excluding hydrogens is 416 g/mol. The standard InChI is InChI=1S/C27H26N2O4/c1-2-3-14-33-27(30)19-10-13-24-22(16-19)25-21-7-5-4-6-18(21)15-23(25)26(28-24)17-8-11-20(12-9-17)29(31)32/h4-13,16,23,25-26,28H,2-3,14-15H2,1H3. The van der Waals surface area contributed by atoms with Gasteiger partial charge in [-0.05, 0) is 59.2 Å². The van der Waals surface area contributed by atoms with Crippen molar-refractivity contribution in [3.63, 3.8) is 0 Å². The molecule has 0 aromatic heterocycles. The van der Waals surface area contributed by atoms with Gasteiger partial charge in [0.15, 0.2) is 0 Å². The summed E-state index contributed by atoms with van der Waals surface area (Å²) in [5.41, 5.74) is 6.38. The minimum atomic E-state index is -0.372. The molecule has 0 saturated heterocycles. The van der Waals surface area contributed by atoms with E-state index in [9.17, 15) is 14.9 Å². The lowest BCUT2D eigenvalue weighted by Gasteiger charge is -2.38. The van der Waals surface area contributed by atoms with Gasteiger partial charge in [-0.25, -0.2) is 4.79 Å². The van der Waals surface area contributed by atoms with Crippen LogP contribution in [0.15, 0.2) is 66.7 Å². The topological polar surface area (TPSA) is 81.5 Å². The summed E-state index contributed by atoms with van der Waals surface area (Å²) in [6.07, 6.45) is 2.74. The smallest absolute Gasteiger partial charge is 0.338 e. The first-order valence-electron chi connectivity index (χ1n) is 11.5. The summed E-state index contributed by atoms with van der Waals surface area (Å²) in [4.78, 5) is 23.4. The fourth-order valence-corrected chi connectivity index (χ4v) is 5.21. The first-order valence-corrected chi connectivity index (χ1v) is 11.5. The van der Waals surface area contributed by atoms with Crippen LogP contribution in [-0.4, -0.2) is 17.5 Å². The normalized spacial score (nSPS) is 20.2. The molecule has 1 aliphatic carbocycles. The Kier molecular flexibility index (Phi) is 5.58. The largest absolute Gasteiger partial charge is 0.462 e. The number of nitro benzene ring substituents is 1. The summed E-state index contributed by atoms with van der Waals surface area (Å²) in [7, 11) is 0. The highest BCUT2D eigenvalue weighted by Gasteiger charge is 2.43. The number of nitrogens with one attached hydrogen (secondary N) is 1. The predicted molar refractivity (Wildman–Crippen MR) is 127 cm³/mol. The zero-order valence-electron chi connectivity index (χ0n) is 18.5. The first kappa shape index (κ1) is 21.2. The number of carbonyl (C=O) groups is 1. The highest BCUT2D eigenvalue weighted by Crippen LogP contribution is 2.54. The van der Waals surface area contributed by atoms with Crippen LogP contribution in [0.5, 0.6) is 0 Å². The maximum absolute atomic E-state index is 12.6. The molecule has 3 unspecified atom stereocenters. The lowest BCUT2D eigenvalue weighted by atomic mass is 9.75. The minimum absolute atomic E-state index is 0.0121. The molecule has 6 nitrogen and oxygen atoms in total. The quantitative estimate of drug-likeness (QED) is 0.218. The third-order valence-corrected chi connectivity index (χ3v) is 6.83. The average Bonchev–Trinajstić information content (AvgIpc) is 3.23. The van der Waals surface area contributed by atoms with E-state index in [4.69, 9.17) is 4.74 Å². The lowest BCUT2D eigenvalue weighted by Crippen LogP contribution is -2.30. The molecule has 1 aliphatic heterocycles. The Bertz CT molecular complexity index is 1200. The third kappa shape index (κ3) is 3.86. The fourth-order valence-electron chi connectivity index (χ4n) is 5.21. The number of carbonyl (C=O) groups excluding carboxylic acids is 1. The number of fused-ring (bicyclic) bond motifs is 5. The summed E-state index contributed by atoms with van der Waals surface area (Å²) >= 11 is 0. The number of anilines is 1. The zero-order chi connectivity index (χ0) is 22.9. The van der Waals surface area contributed by atoms with Gasteiger partial charge in [0.25, 0.3) is 5.69 Å². The Morgan fingerprint density at radius 1 is 1.09 bits per heavy atom. The van der Waals surface area contributed by atoms with Gasteiger partial charge in [0.2, 0.25) is 0 Å². The van der Waals surface area contributed by atoms with Crippen LogP contribution in [0, 0.1) is 16.0 Å². The Morgan fingerprint density at radius 3 is 2.64 bits per heavy atom. The van der Waals surface area contributed by atoms with Crippen molar-refractivity contribution in [1.82, 2.24) is 0 Å². The summed E-state index contributed by atoms with van der Waals surface area (Å²) in [6, 6.07) is 21.1. The number of nitrogens with zero attached hydrogens (tertiary/aromatic N) is 1. The number of nitro groups is 1. The maximum atomic E-state index is 12.6. The van der Waals surface area contributed by atoms with Crippen LogP contribution in [0.2, 0.25) is 0 Å². The van der Waals surface area contributed by atoms with E-state index in [2.05, 4.69) is 36.5 Å². The molecule has 0 amide bonds. The van der Waals surface area contributed by atoms with Gasteiger partial charge in [-0.3, -0.25) is 10.1 Å². The average molecular weight is 443 g/mol. The van der Waals surface area contributed by atoms with Crippen LogP contribution in [0.3, 0.4) is 0 Å². The Balaban J connectivity index is 1.53. The van der Waals surface area contributed by atoms with Crippen molar-refractivity contribution in [1.29, 1.82) is 0 Å². The zero-order valence-corrected chi connectivity index (χ0v) is 18.5. The number of hydrogen-bond acceptors (Lipinski definition) is 5. The second kappa shape index (κ2) is 8.70. The molecule has 33 heavy (non-hydrogen) atoms. The molecule has 3 aromatic carbocycles. The second-order valence-electron chi connectivity index (χ2n) is 8.81. The van der Waals surface area contributed by atoms with Gasteiger partial charge in [0, 0.05) is 23.7 Å². The second-order valence-corrected chi connectivity index (χ2v) is 8.81. The Labute approximate surface area is 192 Å². The Morgan fingerprint density at radius 2 is 1.88 bits per heavy atom. The van der Waals surface area contributed by atoms with E-state index in [1.807, 2.05) is 30.3 Å². The fraction of sp³-hybridized carbons (Fsp3) is 0.296. The maximum Gasteiger partial charge on any atom is 0.338 e. The van der Waals surface area contributed by atoms with E-state index in [1.165, 1.54) is 11.1 Å². The molecule has 0 bridgehead atoms. The number of ether oxygens (including phenoxy) is 1. The van der Waals surface area contributed by atoms with Gasteiger partial charge in [0.1, 0.15) is 0 Å². The summed E-state index contributed by atoms with van der Waals surface area (Å²) in [6.45, 7) is 2.50.